The Morgan fingerprint density at radius 3 is 2.81 bits per heavy atom. The van der Waals surface area contributed by atoms with Gasteiger partial charge < -0.3 is 14.8 Å². The molecule has 3 heterocycles. The molecule has 1 aromatic carbocycles. The van der Waals surface area contributed by atoms with E-state index in [9.17, 15) is 9.90 Å². The summed E-state index contributed by atoms with van der Waals surface area (Å²) in [7, 11) is 0. The van der Waals surface area contributed by atoms with Crippen LogP contribution in [0.25, 0.3) is 27.2 Å². The van der Waals surface area contributed by atoms with Gasteiger partial charge in [-0.15, -0.1) is 0 Å². The van der Waals surface area contributed by atoms with Crippen molar-refractivity contribution in [1.82, 2.24) is 14.4 Å². The molecule has 0 atom stereocenters. The monoisotopic (exact) mass is 378 g/mol. The third-order valence-electron chi connectivity index (χ3n) is 4.14. The first kappa shape index (κ1) is 17.2. The fraction of sp³-hybridized carbons (Fsp3) is 0.150. The quantitative estimate of drug-likeness (QED) is 0.529. The highest BCUT2D eigenvalue weighted by Crippen LogP contribution is 2.35. The van der Waals surface area contributed by atoms with Crippen molar-refractivity contribution in [1.29, 1.82) is 0 Å². The van der Waals surface area contributed by atoms with Gasteiger partial charge in [-0.3, -0.25) is 0 Å². The molecule has 3 aromatic heterocycles. The van der Waals surface area contributed by atoms with Crippen molar-refractivity contribution in [3.63, 3.8) is 0 Å². The number of imidazole rings is 1. The molecule has 4 rings (SSSR count). The first-order chi connectivity index (χ1) is 13.0. The number of nitrogens with zero attached hydrogens (tertiary/aromatic N) is 3. The summed E-state index contributed by atoms with van der Waals surface area (Å²) in [5.41, 5.74) is 3.36. The molecule has 0 aliphatic carbocycles. The molecule has 6 nitrogen and oxygen atoms in total. The molecule has 136 valence electrons. The van der Waals surface area contributed by atoms with Crippen LogP contribution < -0.4 is 5.32 Å². The number of carbonyl (C=O) groups is 1. The number of anilines is 1. The Morgan fingerprint density at radius 1 is 1.22 bits per heavy atom. The number of hydrogen-bond acceptors (Lipinski definition) is 5. The lowest BCUT2D eigenvalue weighted by atomic mass is 9.99. The molecule has 7 heteroatoms. The summed E-state index contributed by atoms with van der Waals surface area (Å²) >= 11 is 1.57. The molecule has 0 radical (unpaired) electrons. The van der Waals surface area contributed by atoms with Crippen LogP contribution in [0.5, 0.6) is 0 Å². The lowest BCUT2D eigenvalue weighted by molar-refractivity contribution is 0.0697. The predicted octanol–water partition coefficient (Wildman–Crippen LogP) is 4.64. The van der Waals surface area contributed by atoms with Gasteiger partial charge in [0.15, 0.2) is 5.13 Å². The van der Waals surface area contributed by atoms with E-state index in [1.165, 1.54) is 0 Å². The van der Waals surface area contributed by atoms with Crippen LogP contribution in [0.2, 0.25) is 0 Å². The van der Waals surface area contributed by atoms with Gasteiger partial charge in [-0.1, -0.05) is 29.5 Å². The van der Waals surface area contributed by atoms with Crippen LogP contribution in [0.1, 0.15) is 24.2 Å². The molecule has 0 unspecified atom stereocenters. The van der Waals surface area contributed by atoms with Crippen LogP contribution in [0.4, 0.5) is 5.13 Å². The van der Waals surface area contributed by atoms with Gasteiger partial charge in [0.1, 0.15) is 5.65 Å². The van der Waals surface area contributed by atoms with Crippen LogP contribution in [-0.4, -0.2) is 31.5 Å². The van der Waals surface area contributed by atoms with Crippen LogP contribution in [0.3, 0.4) is 0 Å². The maximum Gasteiger partial charge on any atom is 0.336 e. The molecule has 0 spiro atoms. The maximum atomic E-state index is 11.7. The Balaban J connectivity index is 1.89. The summed E-state index contributed by atoms with van der Waals surface area (Å²) in [4.78, 5) is 21.5. The molecular weight excluding hydrogens is 360 g/mol. The highest BCUT2D eigenvalue weighted by Gasteiger charge is 2.16. The van der Waals surface area contributed by atoms with Crippen molar-refractivity contribution < 1.29 is 9.90 Å². The zero-order valence-electron chi connectivity index (χ0n) is 14.9. The summed E-state index contributed by atoms with van der Waals surface area (Å²) < 4.78 is 1.92. The van der Waals surface area contributed by atoms with Crippen LogP contribution in [-0.2, 0) is 0 Å². The average molecular weight is 378 g/mol. The predicted molar refractivity (Wildman–Crippen MR) is 107 cm³/mol. The van der Waals surface area contributed by atoms with E-state index in [2.05, 4.69) is 29.1 Å². The first-order valence-corrected chi connectivity index (χ1v) is 9.36. The van der Waals surface area contributed by atoms with Crippen LogP contribution in [0, 0.1) is 0 Å². The normalized spacial score (nSPS) is 11.2. The number of carboxylic acid groups (broad SMARTS) is 1. The van der Waals surface area contributed by atoms with E-state index >= 15 is 0 Å². The maximum absolute atomic E-state index is 11.7. The number of thiazole rings is 1. The fourth-order valence-electron chi connectivity index (χ4n) is 2.99. The molecule has 2 N–H and O–H groups in total. The van der Waals surface area contributed by atoms with E-state index in [0.717, 1.165) is 26.8 Å². The van der Waals surface area contributed by atoms with Crippen molar-refractivity contribution in [2.45, 2.75) is 19.9 Å². The largest absolute Gasteiger partial charge is 0.478 e. The summed E-state index contributed by atoms with van der Waals surface area (Å²) in [6.07, 6.45) is 7.40. The molecule has 0 fully saturated rings. The molecule has 0 saturated carbocycles. The van der Waals surface area contributed by atoms with Crippen molar-refractivity contribution in [3.05, 3.63) is 60.7 Å². The van der Waals surface area contributed by atoms with Gasteiger partial charge in [0.2, 0.25) is 0 Å². The Morgan fingerprint density at radius 2 is 2.04 bits per heavy atom. The molecule has 27 heavy (non-hydrogen) atoms. The third kappa shape index (κ3) is 3.29. The topological polar surface area (TPSA) is 79.5 Å². The molecule has 0 amide bonds. The Bertz CT molecular complexity index is 1130. The van der Waals surface area contributed by atoms with Crippen LogP contribution in [0.15, 0.2) is 55.1 Å². The number of nitrogens with one attached hydrogen (secondary N) is 1. The molecule has 0 aliphatic heterocycles. The fourth-order valence-corrected chi connectivity index (χ4v) is 3.93. The number of carboxylic acids is 1. The number of aromatic nitrogens is 3. The number of rotatable bonds is 5. The second kappa shape index (κ2) is 6.85. The van der Waals surface area contributed by atoms with Crippen molar-refractivity contribution in [3.8, 4) is 21.6 Å². The first-order valence-electron chi connectivity index (χ1n) is 8.55. The van der Waals surface area contributed by atoms with Gasteiger partial charge in [0.25, 0.3) is 0 Å². The average Bonchev–Trinajstić information content (AvgIpc) is 3.29. The van der Waals surface area contributed by atoms with Gasteiger partial charge in [-0.25, -0.2) is 14.8 Å². The van der Waals surface area contributed by atoms with E-state index in [-0.39, 0.29) is 5.56 Å². The SMILES string of the molecule is CC(C)Nc1ncc(-c2cc(-c3ccccc3C(=O)O)c3nccn3c2)s1. The van der Waals surface area contributed by atoms with Gasteiger partial charge in [0, 0.05) is 42.0 Å². The lowest BCUT2D eigenvalue weighted by Gasteiger charge is -2.10. The molecule has 0 aliphatic rings. The second-order valence-electron chi connectivity index (χ2n) is 6.48. The minimum atomic E-state index is -0.957. The van der Waals surface area contributed by atoms with Gasteiger partial charge >= 0.3 is 5.97 Å². The number of hydrogen-bond donors (Lipinski definition) is 2. The third-order valence-corrected chi connectivity index (χ3v) is 5.12. The number of benzene rings is 1. The Kier molecular flexibility index (Phi) is 4.37. The summed E-state index contributed by atoms with van der Waals surface area (Å²) in [6.45, 7) is 4.14. The summed E-state index contributed by atoms with van der Waals surface area (Å²) in [5, 5.41) is 13.7. The number of pyridine rings is 1. The smallest absolute Gasteiger partial charge is 0.336 e. The molecule has 0 bridgehead atoms. The lowest BCUT2D eigenvalue weighted by Crippen LogP contribution is -2.08. The minimum absolute atomic E-state index is 0.256. The zero-order valence-corrected chi connectivity index (χ0v) is 15.7. The van der Waals surface area contributed by atoms with Crippen molar-refractivity contribution in [2.75, 3.05) is 5.32 Å². The van der Waals surface area contributed by atoms with Crippen molar-refractivity contribution >= 4 is 28.1 Å². The highest BCUT2D eigenvalue weighted by atomic mass is 32.1. The van der Waals surface area contributed by atoms with Crippen LogP contribution >= 0.6 is 11.3 Å². The molecule has 4 aromatic rings. The van der Waals surface area contributed by atoms with E-state index in [1.807, 2.05) is 41.2 Å². The summed E-state index contributed by atoms with van der Waals surface area (Å²) in [5.74, 6) is -0.957. The molecular formula is C20H18N4O2S. The van der Waals surface area contributed by atoms with E-state index < -0.39 is 5.97 Å². The number of fused-ring (bicyclic) bond motifs is 1. The number of aromatic carboxylic acids is 1. The zero-order chi connectivity index (χ0) is 19.0. The minimum Gasteiger partial charge on any atom is -0.478 e. The van der Waals surface area contributed by atoms with Gasteiger partial charge in [0.05, 0.1) is 10.4 Å². The Hall–Kier alpha value is -3.19. The second-order valence-corrected chi connectivity index (χ2v) is 7.51. The van der Waals surface area contributed by atoms with Gasteiger partial charge in [-0.2, -0.15) is 0 Å². The van der Waals surface area contributed by atoms with Crippen molar-refractivity contribution in [2.24, 2.45) is 0 Å². The standard InChI is InChI=1S/C20H18N4O2S/c1-12(2)23-20-22-10-17(27-20)13-9-16(18-21-7-8-24(18)11-13)14-5-3-4-6-15(14)19(25)26/h3-12H,1-2H3,(H,22,23)(H,25,26). The summed E-state index contributed by atoms with van der Waals surface area (Å²) in [6, 6.07) is 9.28. The van der Waals surface area contributed by atoms with E-state index in [1.54, 1.807) is 29.7 Å². The Labute approximate surface area is 160 Å². The van der Waals surface area contributed by atoms with E-state index in [4.69, 9.17) is 0 Å². The molecule has 0 saturated heterocycles. The highest BCUT2D eigenvalue weighted by molar-refractivity contribution is 7.18. The van der Waals surface area contributed by atoms with E-state index in [0.29, 0.717) is 11.6 Å². The van der Waals surface area contributed by atoms with Gasteiger partial charge in [-0.05, 0) is 31.5 Å².